The molecular weight excluding hydrogens is 561 g/mol. The first-order chi connectivity index (χ1) is 18.8. The molecule has 5 rings (SSSR count). The molecule has 3 heterocycles. The quantitative estimate of drug-likeness (QED) is 0.205. The summed E-state index contributed by atoms with van der Waals surface area (Å²) in [6.07, 6.45) is 5.62. The molecule has 2 aliphatic rings. The van der Waals surface area contributed by atoms with Gasteiger partial charge in [-0.1, -0.05) is 17.3 Å². The van der Waals surface area contributed by atoms with Crippen LogP contribution in [-0.4, -0.2) is 77.1 Å². The van der Waals surface area contributed by atoms with Gasteiger partial charge in [0.2, 0.25) is 6.41 Å². The molecule has 2 fully saturated rings. The molecule has 0 bridgehead atoms. The number of benzene rings is 1. The minimum Gasteiger partial charge on any atom is -0.388 e. The summed E-state index contributed by atoms with van der Waals surface area (Å²) in [4.78, 5) is 43.6. The summed E-state index contributed by atoms with van der Waals surface area (Å²) in [7, 11) is -3.35. The molecule has 1 aliphatic heterocycles. The normalized spacial score (nSPS) is 18.6. The van der Waals surface area contributed by atoms with E-state index in [-0.39, 0.29) is 28.5 Å². The second kappa shape index (κ2) is 11.9. The van der Waals surface area contributed by atoms with Gasteiger partial charge < -0.3 is 9.74 Å². The van der Waals surface area contributed by atoms with Crippen LogP contribution < -0.4 is 5.32 Å². The number of thiazole rings is 2. The Morgan fingerprint density at radius 1 is 1.23 bits per heavy atom. The van der Waals surface area contributed by atoms with E-state index in [1.165, 1.54) is 34.8 Å². The zero-order valence-corrected chi connectivity index (χ0v) is 23.7. The summed E-state index contributed by atoms with van der Waals surface area (Å²) in [6, 6.07) is 6.26. The molecule has 1 aromatic carbocycles. The first-order valence-electron chi connectivity index (χ1n) is 12.5. The summed E-state index contributed by atoms with van der Waals surface area (Å²) >= 11 is 2.77. The van der Waals surface area contributed by atoms with Crippen LogP contribution in [0.4, 0.5) is 5.13 Å². The number of nitrogens with one attached hydrogen (secondary N) is 1. The average Bonchev–Trinajstić information content (AvgIpc) is 3.51. The molecule has 2 aromatic heterocycles. The Kier molecular flexibility index (Phi) is 8.35. The second-order valence-corrected chi connectivity index (χ2v) is 13.7. The van der Waals surface area contributed by atoms with Gasteiger partial charge in [0.1, 0.15) is 5.01 Å². The van der Waals surface area contributed by atoms with Crippen LogP contribution in [0.2, 0.25) is 0 Å². The highest BCUT2D eigenvalue weighted by atomic mass is 32.2. The van der Waals surface area contributed by atoms with Crippen LogP contribution in [0.25, 0.3) is 0 Å². The van der Waals surface area contributed by atoms with Gasteiger partial charge in [-0.2, -0.15) is 0 Å². The number of rotatable bonds is 11. The number of aromatic nitrogens is 2. The maximum atomic E-state index is 13.3. The number of carbonyl (C=O) groups excluding carboxylic acids is 2. The van der Waals surface area contributed by atoms with E-state index in [1.54, 1.807) is 29.4 Å². The summed E-state index contributed by atoms with van der Waals surface area (Å²) in [5.74, 6) is -0.527. The zero-order chi connectivity index (χ0) is 27.4. The van der Waals surface area contributed by atoms with Crippen molar-refractivity contribution in [2.24, 2.45) is 5.16 Å². The molecule has 1 atom stereocenters. The monoisotopic (exact) mass is 588 g/mol. The predicted octanol–water partition coefficient (Wildman–Crippen LogP) is 2.76. The lowest BCUT2D eigenvalue weighted by Gasteiger charge is -2.37. The Hall–Kier alpha value is -3.20. The van der Waals surface area contributed by atoms with E-state index in [1.807, 2.05) is 12.3 Å². The Morgan fingerprint density at radius 3 is 2.69 bits per heavy atom. The number of piperazine rings is 1. The average molecular weight is 589 g/mol. The molecule has 1 aliphatic carbocycles. The van der Waals surface area contributed by atoms with E-state index in [0.717, 1.165) is 24.4 Å². The molecule has 2 amide bonds. The van der Waals surface area contributed by atoms with Crippen LogP contribution in [0.15, 0.2) is 52.1 Å². The largest absolute Gasteiger partial charge is 0.388 e. The third kappa shape index (κ3) is 6.69. The van der Waals surface area contributed by atoms with Crippen molar-refractivity contribution in [3.63, 3.8) is 0 Å². The van der Waals surface area contributed by atoms with Gasteiger partial charge in [0.05, 0.1) is 10.1 Å². The first kappa shape index (κ1) is 27.4. The Bertz CT molecular complexity index is 1430. The van der Waals surface area contributed by atoms with Crippen molar-refractivity contribution in [2.75, 3.05) is 25.0 Å². The van der Waals surface area contributed by atoms with E-state index in [9.17, 15) is 18.0 Å². The minimum atomic E-state index is -3.35. The maximum Gasteiger partial charge on any atom is 0.280 e. The van der Waals surface area contributed by atoms with Gasteiger partial charge in [-0.3, -0.25) is 19.8 Å². The van der Waals surface area contributed by atoms with Crippen molar-refractivity contribution in [1.82, 2.24) is 19.8 Å². The molecule has 0 radical (unpaired) electrons. The molecule has 1 N–H and O–H groups in total. The Balaban J connectivity index is 1.28. The van der Waals surface area contributed by atoms with E-state index in [0.29, 0.717) is 41.6 Å². The smallest absolute Gasteiger partial charge is 0.280 e. The van der Waals surface area contributed by atoms with Crippen molar-refractivity contribution in [3.8, 4) is 0 Å². The van der Waals surface area contributed by atoms with Crippen molar-refractivity contribution < 1.29 is 22.8 Å². The molecule has 39 heavy (non-hydrogen) atoms. The van der Waals surface area contributed by atoms with Gasteiger partial charge in [-0.05, 0) is 31.9 Å². The van der Waals surface area contributed by atoms with Gasteiger partial charge in [-0.25, -0.2) is 18.4 Å². The fourth-order valence-electron chi connectivity index (χ4n) is 4.24. The molecule has 3 aromatic rings. The summed E-state index contributed by atoms with van der Waals surface area (Å²) in [6.45, 7) is 4.98. The number of nitrogens with zero attached hydrogens (tertiary/aromatic N) is 5. The van der Waals surface area contributed by atoms with Gasteiger partial charge in [0.25, 0.3) is 5.91 Å². The summed E-state index contributed by atoms with van der Waals surface area (Å²) in [5, 5.41) is 9.49. The highest BCUT2D eigenvalue weighted by Crippen LogP contribution is 2.33. The second-order valence-electron chi connectivity index (χ2n) is 9.42. The van der Waals surface area contributed by atoms with Gasteiger partial charge >= 0.3 is 0 Å². The van der Waals surface area contributed by atoms with E-state index < -0.39 is 15.7 Å². The van der Waals surface area contributed by atoms with Crippen LogP contribution in [0.3, 0.4) is 0 Å². The van der Waals surface area contributed by atoms with Crippen LogP contribution >= 0.6 is 22.7 Å². The van der Waals surface area contributed by atoms with E-state index in [4.69, 9.17) is 4.84 Å². The van der Waals surface area contributed by atoms with Crippen LogP contribution in [0.1, 0.15) is 35.2 Å². The summed E-state index contributed by atoms with van der Waals surface area (Å²) < 4.78 is 25.2. The molecule has 206 valence electrons. The summed E-state index contributed by atoms with van der Waals surface area (Å²) in [5.41, 5.74) is 0.415. The fraction of sp³-hybridized carbons (Fsp3) is 0.400. The van der Waals surface area contributed by atoms with Crippen molar-refractivity contribution in [2.45, 2.75) is 49.1 Å². The van der Waals surface area contributed by atoms with Crippen molar-refractivity contribution >= 4 is 55.7 Å². The maximum absolute atomic E-state index is 13.3. The lowest BCUT2D eigenvalue weighted by atomic mass is 10.1. The van der Waals surface area contributed by atoms with Gasteiger partial charge in [0.15, 0.2) is 27.3 Å². The third-order valence-corrected chi connectivity index (χ3v) is 10.4. The number of hydrogen-bond donors (Lipinski definition) is 1. The number of oxime groups is 1. The van der Waals surface area contributed by atoms with E-state index in [2.05, 4.69) is 25.3 Å². The molecule has 14 heteroatoms. The van der Waals surface area contributed by atoms with Gasteiger partial charge in [0, 0.05) is 60.4 Å². The topological polar surface area (TPSA) is 134 Å². The van der Waals surface area contributed by atoms with Crippen molar-refractivity contribution in [1.29, 1.82) is 0 Å². The first-order valence-corrected chi connectivity index (χ1v) is 15.7. The van der Waals surface area contributed by atoms with Gasteiger partial charge in [-0.15, -0.1) is 22.7 Å². The SMILES string of the molecule is C[C@H]1CN(Cc2cnc(NC(=O)C(=NOCc3nccs3)c3ccc(S(=O)(=O)C4CC4)cc3)s2)CCN1C=O. The Morgan fingerprint density at radius 2 is 2.03 bits per heavy atom. The number of sulfone groups is 1. The standard InChI is InChI=1S/C25H28N6O5S3/c1-17-13-30(9-10-31(17)16-32)14-19-12-27-25(38-19)28-24(33)23(29-36-15-22-26-8-11-37-22)18-2-4-20(5-3-18)39(34,35)21-6-7-21/h2-5,8,11-12,16-17,21H,6-7,9-10,13-15H2,1H3,(H,27,28,33)/t17-/m0/s1. The van der Waals surface area contributed by atoms with Crippen LogP contribution in [-0.2, 0) is 37.4 Å². The lowest BCUT2D eigenvalue weighted by Crippen LogP contribution is -2.50. The highest BCUT2D eigenvalue weighted by molar-refractivity contribution is 7.92. The molecular formula is C25H28N6O5S3. The molecule has 11 nitrogen and oxygen atoms in total. The van der Waals surface area contributed by atoms with Crippen molar-refractivity contribution in [3.05, 3.63) is 57.5 Å². The fourth-order valence-corrected chi connectivity index (χ4v) is 7.27. The van der Waals surface area contributed by atoms with Crippen LogP contribution in [0, 0.1) is 0 Å². The number of carbonyl (C=O) groups is 2. The predicted molar refractivity (Wildman–Crippen MR) is 148 cm³/mol. The number of hydrogen-bond acceptors (Lipinski definition) is 11. The zero-order valence-electron chi connectivity index (χ0n) is 21.2. The molecule has 0 spiro atoms. The Labute approximate surface area is 234 Å². The molecule has 1 saturated heterocycles. The molecule has 0 unspecified atom stereocenters. The molecule has 1 saturated carbocycles. The number of anilines is 1. The third-order valence-electron chi connectivity index (χ3n) is 6.51. The number of amides is 2. The highest BCUT2D eigenvalue weighted by Gasteiger charge is 2.36. The van der Waals surface area contributed by atoms with Crippen LogP contribution in [0.5, 0.6) is 0 Å². The van der Waals surface area contributed by atoms with E-state index >= 15 is 0 Å². The minimum absolute atomic E-state index is 0.00233. The lowest BCUT2D eigenvalue weighted by molar-refractivity contribution is -0.122.